The van der Waals surface area contributed by atoms with Gasteiger partial charge in [-0.15, -0.1) is 0 Å². The summed E-state index contributed by atoms with van der Waals surface area (Å²) in [7, 11) is 0. The van der Waals surface area contributed by atoms with Gasteiger partial charge in [0.1, 0.15) is 11.5 Å². The van der Waals surface area contributed by atoms with Gasteiger partial charge in [0.05, 0.1) is 17.2 Å². The highest BCUT2D eigenvalue weighted by atomic mass is 35.5. The Morgan fingerprint density at radius 1 is 1.10 bits per heavy atom. The van der Waals surface area contributed by atoms with Gasteiger partial charge in [0.15, 0.2) is 0 Å². The van der Waals surface area contributed by atoms with Crippen molar-refractivity contribution in [2.24, 2.45) is 0 Å². The fourth-order valence-corrected chi connectivity index (χ4v) is 3.55. The monoisotopic (exact) mass is 436 g/mol. The number of amides is 2. The third-order valence-electron chi connectivity index (χ3n) is 4.60. The molecule has 1 aliphatic rings. The lowest BCUT2D eigenvalue weighted by molar-refractivity contribution is 0.0858. The molecule has 1 fully saturated rings. The predicted octanol–water partition coefficient (Wildman–Crippen LogP) is 5.14. The van der Waals surface area contributed by atoms with Crippen LogP contribution in [-0.4, -0.2) is 42.6 Å². The van der Waals surface area contributed by atoms with Crippen molar-refractivity contribution in [3.8, 4) is 11.5 Å². The van der Waals surface area contributed by atoms with Crippen LogP contribution in [0.3, 0.4) is 0 Å². The van der Waals surface area contributed by atoms with Crippen molar-refractivity contribution in [1.29, 1.82) is 0 Å². The summed E-state index contributed by atoms with van der Waals surface area (Å²) in [6, 6.07) is 11.8. The van der Waals surface area contributed by atoms with Gasteiger partial charge in [-0.1, -0.05) is 35.3 Å². The zero-order valence-electron chi connectivity index (χ0n) is 16.0. The van der Waals surface area contributed by atoms with Gasteiger partial charge < -0.3 is 19.7 Å². The van der Waals surface area contributed by atoms with Crippen LogP contribution in [0, 0.1) is 0 Å². The fraction of sp³-hybridized carbons (Fsp3) is 0.333. The largest absolute Gasteiger partial charge is 0.455 e. The van der Waals surface area contributed by atoms with E-state index < -0.39 is 0 Å². The predicted molar refractivity (Wildman–Crippen MR) is 112 cm³/mol. The molecule has 8 heteroatoms. The van der Waals surface area contributed by atoms with Crippen molar-refractivity contribution >= 4 is 35.2 Å². The first-order chi connectivity index (χ1) is 14.0. The molecule has 0 atom stereocenters. The molecule has 1 saturated heterocycles. The van der Waals surface area contributed by atoms with E-state index in [0.29, 0.717) is 59.6 Å². The minimum absolute atomic E-state index is 0.0275. The van der Waals surface area contributed by atoms with E-state index in [1.807, 2.05) is 0 Å². The number of carbonyl (C=O) groups is 2. The lowest BCUT2D eigenvalue weighted by atomic mass is 10.0. The highest BCUT2D eigenvalue weighted by Crippen LogP contribution is 2.33. The summed E-state index contributed by atoms with van der Waals surface area (Å²) in [5, 5.41) is 3.89. The maximum Gasteiger partial charge on any atom is 0.409 e. The Morgan fingerprint density at radius 2 is 1.83 bits per heavy atom. The van der Waals surface area contributed by atoms with Gasteiger partial charge in [0.2, 0.25) is 0 Å². The zero-order chi connectivity index (χ0) is 20.8. The second-order valence-electron chi connectivity index (χ2n) is 6.61. The number of benzene rings is 2. The van der Waals surface area contributed by atoms with Crippen molar-refractivity contribution in [2.75, 3.05) is 19.7 Å². The van der Waals surface area contributed by atoms with Crippen LogP contribution in [0.1, 0.15) is 30.1 Å². The average Bonchev–Trinajstić information content (AvgIpc) is 2.71. The first-order valence-electron chi connectivity index (χ1n) is 9.42. The normalized spacial score (nSPS) is 14.4. The maximum absolute atomic E-state index is 12.8. The summed E-state index contributed by atoms with van der Waals surface area (Å²) in [6.45, 7) is 3.22. The molecule has 2 aromatic carbocycles. The van der Waals surface area contributed by atoms with Gasteiger partial charge in [-0.2, -0.15) is 0 Å². The summed E-state index contributed by atoms with van der Waals surface area (Å²) in [6.07, 6.45) is 1.02. The topological polar surface area (TPSA) is 67.9 Å². The Labute approximate surface area is 179 Å². The lowest BCUT2D eigenvalue weighted by Crippen LogP contribution is -2.46. The Morgan fingerprint density at radius 3 is 2.52 bits per heavy atom. The summed E-state index contributed by atoms with van der Waals surface area (Å²) < 4.78 is 10.9. The van der Waals surface area contributed by atoms with Crippen LogP contribution in [0.4, 0.5) is 4.79 Å². The van der Waals surface area contributed by atoms with E-state index >= 15 is 0 Å². The number of para-hydroxylation sites is 1. The van der Waals surface area contributed by atoms with Crippen molar-refractivity contribution in [2.45, 2.75) is 25.8 Å². The molecule has 3 rings (SSSR count). The SMILES string of the molecule is CCOC(=O)N1CCC(NC(=O)c2ccccc2Oc2ccc(Cl)cc2Cl)CC1. The number of nitrogens with one attached hydrogen (secondary N) is 1. The van der Waals surface area contributed by atoms with Crippen molar-refractivity contribution in [1.82, 2.24) is 10.2 Å². The zero-order valence-corrected chi connectivity index (χ0v) is 17.5. The Balaban J connectivity index is 1.64. The molecule has 2 amide bonds. The minimum atomic E-state index is -0.309. The van der Waals surface area contributed by atoms with Crippen LogP contribution in [0.2, 0.25) is 10.0 Å². The third-order valence-corrected chi connectivity index (χ3v) is 5.13. The molecule has 1 heterocycles. The number of hydrogen-bond acceptors (Lipinski definition) is 4. The molecule has 0 spiro atoms. The van der Waals surface area contributed by atoms with E-state index in [0.717, 1.165) is 0 Å². The van der Waals surface area contributed by atoms with Crippen molar-refractivity contribution < 1.29 is 19.1 Å². The number of halogens is 2. The second kappa shape index (κ2) is 9.85. The van der Waals surface area contributed by atoms with E-state index in [4.69, 9.17) is 32.7 Å². The molecule has 1 aliphatic heterocycles. The van der Waals surface area contributed by atoms with Crippen LogP contribution in [0.5, 0.6) is 11.5 Å². The fourth-order valence-electron chi connectivity index (χ4n) is 3.10. The van der Waals surface area contributed by atoms with Crippen molar-refractivity contribution in [3.63, 3.8) is 0 Å². The van der Waals surface area contributed by atoms with E-state index in [1.165, 1.54) is 0 Å². The lowest BCUT2D eigenvalue weighted by Gasteiger charge is -2.31. The van der Waals surface area contributed by atoms with E-state index in [9.17, 15) is 9.59 Å². The highest BCUT2D eigenvalue weighted by molar-refractivity contribution is 6.35. The molecular weight excluding hydrogens is 415 g/mol. The van der Waals surface area contributed by atoms with E-state index in [2.05, 4.69) is 5.32 Å². The summed E-state index contributed by atoms with van der Waals surface area (Å²) in [5.74, 6) is 0.581. The summed E-state index contributed by atoms with van der Waals surface area (Å²) in [4.78, 5) is 26.3. The van der Waals surface area contributed by atoms with Crippen LogP contribution < -0.4 is 10.1 Å². The number of hydrogen-bond donors (Lipinski definition) is 1. The number of nitrogens with zero attached hydrogens (tertiary/aromatic N) is 1. The van der Waals surface area contributed by atoms with Gasteiger partial charge in [-0.25, -0.2) is 4.79 Å². The average molecular weight is 437 g/mol. The third kappa shape index (κ3) is 5.55. The van der Waals surface area contributed by atoms with Crippen LogP contribution in [-0.2, 0) is 4.74 Å². The molecule has 0 aliphatic carbocycles. The molecule has 154 valence electrons. The molecule has 2 aromatic rings. The van der Waals surface area contributed by atoms with Crippen molar-refractivity contribution in [3.05, 3.63) is 58.1 Å². The maximum atomic E-state index is 12.8. The van der Waals surface area contributed by atoms with Gasteiger partial charge in [-0.05, 0) is 50.1 Å². The Kier molecular flexibility index (Phi) is 7.23. The minimum Gasteiger partial charge on any atom is -0.455 e. The number of carbonyl (C=O) groups excluding carboxylic acids is 2. The smallest absolute Gasteiger partial charge is 0.409 e. The first kappa shape index (κ1) is 21.3. The van der Waals surface area contributed by atoms with Crippen LogP contribution in [0.25, 0.3) is 0 Å². The molecule has 0 unspecified atom stereocenters. The number of likely N-dealkylation sites (tertiary alicyclic amines) is 1. The Bertz CT molecular complexity index is 883. The van der Waals surface area contributed by atoms with Gasteiger partial charge in [-0.3, -0.25) is 4.79 Å². The second-order valence-corrected chi connectivity index (χ2v) is 7.45. The molecule has 0 radical (unpaired) electrons. The molecule has 0 bridgehead atoms. The molecule has 6 nitrogen and oxygen atoms in total. The number of piperidine rings is 1. The first-order valence-corrected chi connectivity index (χ1v) is 10.2. The number of rotatable bonds is 5. The van der Waals surface area contributed by atoms with Crippen LogP contribution in [0.15, 0.2) is 42.5 Å². The van der Waals surface area contributed by atoms with E-state index in [1.54, 1.807) is 54.3 Å². The quantitative estimate of drug-likeness (QED) is 0.704. The summed E-state index contributed by atoms with van der Waals surface area (Å²) >= 11 is 12.1. The molecule has 0 aromatic heterocycles. The van der Waals surface area contributed by atoms with E-state index in [-0.39, 0.29) is 18.0 Å². The van der Waals surface area contributed by atoms with Gasteiger partial charge in [0, 0.05) is 24.2 Å². The Hall–Kier alpha value is -2.44. The molecule has 1 N–H and O–H groups in total. The van der Waals surface area contributed by atoms with Gasteiger partial charge in [0.25, 0.3) is 5.91 Å². The molecular formula is C21H22Cl2N2O4. The highest BCUT2D eigenvalue weighted by Gasteiger charge is 2.25. The van der Waals surface area contributed by atoms with Crippen LogP contribution >= 0.6 is 23.2 Å². The molecule has 0 saturated carbocycles. The molecule has 29 heavy (non-hydrogen) atoms. The standard InChI is InChI=1S/C21H22Cl2N2O4/c1-2-28-21(27)25-11-9-15(10-12-25)24-20(26)16-5-3-4-6-18(16)29-19-8-7-14(22)13-17(19)23/h3-8,13,15H,2,9-12H2,1H3,(H,24,26). The van der Waals surface area contributed by atoms with Gasteiger partial charge >= 0.3 is 6.09 Å². The summed E-state index contributed by atoms with van der Waals surface area (Å²) in [5.41, 5.74) is 0.409. The number of ether oxygens (including phenoxy) is 2.